The number of aromatic nitrogens is 3. The number of nitrogens with zero attached hydrogens (tertiary/aromatic N) is 4. The van der Waals surface area contributed by atoms with Gasteiger partial charge in [-0.1, -0.05) is 20.4 Å². The molecule has 0 aromatic carbocycles. The van der Waals surface area contributed by atoms with E-state index in [1.807, 2.05) is 9.80 Å². The lowest BCUT2D eigenvalue weighted by molar-refractivity contribution is -0.133. The molecule has 0 spiro atoms. The van der Waals surface area contributed by atoms with Gasteiger partial charge in [-0.3, -0.25) is 9.59 Å². The van der Waals surface area contributed by atoms with E-state index in [1.165, 1.54) is 12.3 Å². The molecule has 0 saturated carbocycles. The van der Waals surface area contributed by atoms with Crippen molar-refractivity contribution >= 4 is 28.8 Å². The smallest absolute Gasteiger partial charge is 0.352 e. The summed E-state index contributed by atoms with van der Waals surface area (Å²) in [6, 6.07) is -0.0249. The van der Waals surface area contributed by atoms with Crippen LogP contribution in [-0.2, 0) is 4.79 Å². The summed E-state index contributed by atoms with van der Waals surface area (Å²) in [5.74, 6) is 0.164. The quantitative estimate of drug-likeness (QED) is 0.630. The highest BCUT2D eigenvalue weighted by molar-refractivity contribution is 6.04. The molecule has 1 aliphatic rings. The van der Waals surface area contributed by atoms with E-state index in [2.05, 4.69) is 40.7 Å². The van der Waals surface area contributed by atoms with Crippen molar-refractivity contribution in [3.63, 3.8) is 0 Å². The normalized spacial score (nSPS) is 17.1. The highest BCUT2D eigenvalue weighted by Gasteiger charge is 2.31. The van der Waals surface area contributed by atoms with Crippen LogP contribution in [0.25, 0.3) is 11.2 Å². The minimum Gasteiger partial charge on any atom is -0.352 e. The van der Waals surface area contributed by atoms with Crippen LogP contribution in [0.15, 0.2) is 25.0 Å². The molecule has 2 aromatic rings. The number of halogens is 3. The third-order valence-corrected chi connectivity index (χ3v) is 5.31. The maximum Gasteiger partial charge on any atom is 0.390 e. The molecule has 11 heteroatoms. The van der Waals surface area contributed by atoms with Gasteiger partial charge in [0.15, 0.2) is 5.65 Å². The highest BCUT2D eigenvalue weighted by Crippen LogP contribution is 2.24. The number of rotatable bonds is 7. The number of aromatic amines is 1. The molecule has 1 saturated heterocycles. The topological polar surface area (TPSA) is 94.2 Å². The first-order valence-electron chi connectivity index (χ1n) is 10.5. The Balaban J connectivity index is 1.79. The van der Waals surface area contributed by atoms with E-state index >= 15 is 0 Å². The summed E-state index contributed by atoms with van der Waals surface area (Å²) in [6.07, 6.45) is -0.354. The molecule has 1 aliphatic heterocycles. The molecule has 3 heterocycles. The summed E-state index contributed by atoms with van der Waals surface area (Å²) in [5, 5.41) is 2.27. The van der Waals surface area contributed by atoms with Gasteiger partial charge < -0.3 is 20.1 Å². The van der Waals surface area contributed by atoms with Gasteiger partial charge in [-0.15, -0.1) is 0 Å². The molecule has 1 atom stereocenters. The lowest BCUT2D eigenvalue weighted by Crippen LogP contribution is -2.55. The molecule has 2 N–H and O–H groups in total. The number of hydrogen-bond donors (Lipinski definition) is 2. The van der Waals surface area contributed by atoms with Crippen molar-refractivity contribution in [1.29, 1.82) is 0 Å². The molecule has 2 aromatic heterocycles. The number of amides is 2. The van der Waals surface area contributed by atoms with Gasteiger partial charge in [-0.25, -0.2) is 9.97 Å². The molecule has 0 unspecified atom stereocenters. The molecule has 1 fully saturated rings. The number of fused-ring (bicyclic) bond motifs is 1. The maximum absolute atomic E-state index is 12.4. The Kier molecular flexibility index (Phi) is 7.05. The summed E-state index contributed by atoms with van der Waals surface area (Å²) in [7, 11) is 0. The first-order chi connectivity index (χ1) is 15.1. The third kappa shape index (κ3) is 5.57. The Bertz CT molecular complexity index is 988. The van der Waals surface area contributed by atoms with Crippen molar-refractivity contribution in [1.82, 2.24) is 25.2 Å². The summed E-state index contributed by atoms with van der Waals surface area (Å²) in [5.41, 5.74) is 0.793. The number of hydrogen-bond acceptors (Lipinski definition) is 5. The van der Waals surface area contributed by atoms with Crippen molar-refractivity contribution < 1.29 is 22.8 Å². The molecular weight excluding hydrogens is 425 g/mol. The molecule has 174 valence electrons. The molecule has 8 nitrogen and oxygen atoms in total. The van der Waals surface area contributed by atoms with Crippen LogP contribution in [0.4, 0.5) is 19.0 Å². The Morgan fingerprint density at radius 1 is 1.38 bits per heavy atom. The molecule has 0 aliphatic carbocycles. The van der Waals surface area contributed by atoms with Crippen LogP contribution in [0.1, 0.15) is 37.0 Å². The fraction of sp³-hybridized carbons (Fsp3) is 0.524. The van der Waals surface area contributed by atoms with Crippen LogP contribution in [0.3, 0.4) is 0 Å². The van der Waals surface area contributed by atoms with Crippen LogP contribution in [0.5, 0.6) is 0 Å². The van der Waals surface area contributed by atoms with Crippen LogP contribution in [0, 0.1) is 5.92 Å². The second kappa shape index (κ2) is 9.58. The van der Waals surface area contributed by atoms with Gasteiger partial charge in [0.1, 0.15) is 11.3 Å². The zero-order chi connectivity index (χ0) is 23.5. The van der Waals surface area contributed by atoms with Crippen molar-refractivity contribution in [2.75, 3.05) is 31.1 Å². The first kappa shape index (κ1) is 23.6. The van der Waals surface area contributed by atoms with E-state index in [1.54, 1.807) is 6.20 Å². The number of H-pyrrole nitrogens is 1. The summed E-state index contributed by atoms with van der Waals surface area (Å²) < 4.78 is 37.1. The van der Waals surface area contributed by atoms with Crippen molar-refractivity contribution in [3.8, 4) is 0 Å². The molecule has 0 bridgehead atoms. The van der Waals surface area contributed by atoms with E-state index in [0.717, 1.165) is 6.42 Å². The fourth-order valence-corrected chi connectivity index (χ4v) is 3.84. The van der Waals surface area contributed by atoms with Gasteiger partial charge in [0.2, 0.25) is 5.91 Å². The van der Waals surface area contributed by atoms with Crippen LogP contribution < -0.4 is 10.2 Å². The summed E-state index contributed by atoms with van der Waals surface area (Å²) >= 11 is 0. The van der Waals surface area contributed by atoms with Crippen molar-refractivity contribution in [3.05, 3.63) is 30.6 Å². The van der Waals surface area contributed by atoms with Gasteiger partial charge in [0.05, 0.1) is 18.2 Å². The first-order valence-corrected chi connectivity index (χ1v) is 10.5. The number of anilines is 1. The predicted octanol–water partition coefficient (Wildman–Crippen LogP) is 2.89. The lowest BCUT2D eigenvalue weighted by Gasteiger charge is -2.42. The van der Waals surface area contributed by atoms with Gasteiger partial charge >= 0.3 is 6.18 Å². The van der Waals surface area contributed by atoms with Crippen molar-refractivity contribution in [2.24, 2.45) is 5.92 Å². The predicted molar refractivity (Wildman–Crippen MR) is 114 cm³/mol. The van der Waals surface area contributed by atoms with E-state index in [-0.39, 0.29) is 23.0 Å². The second-order valence-corrected chi connectivity index (χ2v) is 8.21. The zero-order valence-electron chi connectivity index (χ0n) is 18.1. The van der Waals surface area contributed by atoms with E-state index in [4.69, 9.17) is 0 Å². The molecule has 3 rings (SSSR count). The van der Waals surface area contributed by atoms with Crippen molar-refractivity contribution in [2.45, 2.75) is 38.9 Å². The Morgan fingerprint density at radius 3 is 2.78 bits per heavy atom. The number of carbonyl (C=O) groups excluding carboxylic acids is 2. The van der Waals surface area contributed by atoms with Gasteiger partial charge in [-0.2, -0.15) is 13.2 Å². The van der Waals surface area contributed by atoms with Gasteiger partial charge in [0, 0.05) is 38.4 Å². The summed E-state index contributed by atoms with van der Waals surface area (Å²) in [4.78, 5) is 40.2. The number of piperazine rings is 1. The zero-order valence-corrected chi connectivity index (χ0v) is 18.1. The van der Waals surface area contributed by atoms with Crippen LogP contribution in [-0.4, -0.2) is 70.1 Å². The second-order valence-electron chi connectivity index (χ2n) is 8.21. The fourth-order valence-electron chi connectivity index (χ4n) is 3.84. The average molecular weight is 452 g/mol. The van der Waals surface area contributed by atoms with E-state index in [0.29, 0.717) is 37.0 Å². The molecular formula is C21H27F3N6O2. The van der Waals surface area contributed by atoms with Gasteiger partial charge in [0.25, 0.3) is 5.91 Å². The number of nitrogens with one attached hydrogen (secondary N) is 2. The van der Waals surface area contributed by atoms with Crippen LogP contribution in [0.2, 0.25) is 0 Å². The SMILES string of the molecule is C=CC(=O)N1CCN(c2cnc3[nH]cc(C(=O)NCCC(F)(F)F)c3n2)C[C@@H]1CC(C)C. The number of alkyl halides is 3. The Hall–Kier alpha value is -3.11. The van der Waals surface area contributed by atoms with E-state index in [9.17, 15) is 22.8 Å². The summed E-state index contributed by atoms with van der Waals surface area (Å²) in [6.45, 7) is 8.83. The molecule has 32 heavy (non-hydrogen) atoms. The largest absolute Gasteiger partial charge is 0.390 e. The highest BCUT2D eigenvalue weighted by atomic mass is 19.4. The molecule has 0 radical (unpaired) electrons. The Labute approximate surface area is 183 Å². The minimum atomic E-state index is -4.35. The average Bonchev–Trinajstić information content (AvgIpc) is 3.15. The standard InChI is InChI=1S/C21H27F3N6O2/c1-4-17(31)30-8-7-29(12-14(30)9-13(2)3)16-11-27-19-18(28-16)15(10-26-19)20(32)25-6-5-21(22,23)24/h4,10-11,13-14H,1,5-9,12H2,2-3H3,(H,25,32)(H,26,27)/t14-/m0/s1. The number of carbonyl (C=O) groups is 2. The molecule has 2 amide bonds. The van der Waals surface area contributed by atoms with Crippen LogP contribution >= 0.6 is 0 Å². The monoisotopic (exact) mass is 452 g/mol. The Morgan fingerprint density at radius 2 is 2.12 bits per heavy atom. The third-order valence-electron chi connectivity index (χ3n) is 5.31. The minimum absolute atomic E-state index is 0.0249. The van der Waals surface area contributed by atoms with E-state index < -0.39 is 25.0 Å². The lowest BCUT2D eigenvalue weighted by atomic mass is 10.00. The van der Waals surface area contributed by atoms with Gasteiger partial charge in [-0.05, 0) is 18.4 Å². The maximum atomic E-state index is 12.4.